The van der Waals surface area contributed by atoms with Crippen molar-refractivity contribution in [2.45, 2.75) is 46.1 Å². The first-order valence-electron chi connectivity index (χ1n) is 10.2. The molecule has 1 N–H and O–H groups in total. The average molecular weight is 381 g/mol. The molecule has 28 heavy (non-hydrogen) atoms. The first kappa shape index (κ1) is 20.2. The molecule has 0 aromatic heterocycles. The maximum Gasteiger partial charge on any atom is 0.224 e. The van der Waals surface area contributed by atoms with E-state index in [1.807, 2.05) is 32.0 Å². The van der Waals surface area contributed by atoms with Gasteiger partial charge in [-0.3, -0.25) is 4.79 Å². The third-order valence-corrected chi connectivity index (χ3v) is 5.74. The predicted octanol–water partition coefficient (Wildman–Crippen LogP) is 4.66. The summed E-state index contributed by atoms with van der Waals surface area (Å²) >= 11 is 0. The summed E-state index contributed by atoms with van der Waals surface area (Å²) in [7, 11) is 1.66. The maximum absolute atomic E-state index is 12.5. The number of hydrogen-bond acceptors (Lipinski definition) is 3. The van der Waals surface area contributed by atoms with Gasteiger partial charge in [-0.25, -0.2) is 0 Å². The van der Waals surface area contributed by atoms with E-state index in [-0.39, 0.29) is 11.9 Å². The zero-order valence-electron chi connectivity index (χ0n) is 17.5. The van der Waals surface area contributed by atoms with Crippen molar-refractivity contribution in [2.75, 3.05) is 25.1 Å². The maximum atomic E-state index is 12.5. The monoisotopic (exact) mass is 380 g/mol. The second-order valence-electron chi connectivity index (χ2n) is 8.03. The summed E-state index contributed by atoms with van der Waals surface area (Å²) in [4.78, 5) is 14.9. The van der Waals surface area contributed by atoms with E-state index in [1.165, 1.54) is 18.5 Å². The summed E-state index contributed by atoms with van der Waals surface area (Å²) in [5.41, 5.74) is 4.46. The molecule has 3 rings (SSSR count). The van der Waals surface area contributed by atoms with Gasteiger partial charge < -0.3 is 15.0 Å². The normalized spacial score (nSPS) is 15.9. The van der Waals surface area contributed by atoms with Gasteiger partial charge in [0.25, 0.3) is 0 Å². The molecule has 1 fully saturated rings. The van der Waals surface area contributed by atoms with Crippen molar-refractivity contribution < 1.29 is 9.53 Å². The van der Waals surface area contributed by atoms with E-state index >= 15 is 0 Å². The van der Waals surface area contributed by atoms with Crippen LogP contribution < -0.4 is 15.0 Å². The van der Waals surface area contributed by atoms with E-state index in [0.29, 0.717) is 6.42 Å². The highest BCUT2D eigenvalue weighted by Gasteiger charge is 2.16. The van der Waals surface area contributed by atoms with Gasteiger partial charge in [-0.15, -0.1) is 0 Å². The third-order valence-electron chi connectivity index (χ3n) is 5.74. The summed E-state index contributed by atoms with van der Waals surface area (Å²) in [6, 6.07) is 14.5. The number of benzene rings is 2. The van der Waals surface area contributed by atoms with Crippen LogP contribution in [0.25, 0.3) is 0 Å². The Labute approximate surface area is 168 Å². The highest BCUT2D eigenvalue weighted by molar-refractivity contribution is 5.79. The molecule has 0 bridgehead atoms. The largest absolute Gasteiger partial charge is 0.496 e. The van der Waals surface area contributed by atoms with E-state index in [1.54, 1.807) is 7.11 Å². The summed E-state index contributed by atoms with van der Waals surface area (Å²) < 4.78 is 5.28. The number of piperidine rings is 1. The van der Waals surface area contributed by atoms with E-state index in [2.05, 4.69) is 41.4 Å². The van der Waals surface area contributed by atoms with E-state index in [9.17, 15) is 4.79 Å². The Hall–Kier alpha value is -2.49. The van der Waals surface area contributed by atoms with Gasteiger partial charge in [-0.05, 0) is 67.5 Å². The Bertz CT molecular complexity index is 793. The Morgan fingerprint density at radius 3 is 2.46 bits per heavy atom. The molecule has 1 amide bonds. The van der Waals surface area contributed by atoms with Gasteiger partial charge >= 0.3 is 0 Å². The molecular weight excluding hydrogens is 348 g/mol. The SMILES string of the molecule is COc1ccc(CC(=O)NC(C)c2ccc(N3CCC(C)CC3)cc2)cc1C. The molecular formula is C24H32N2O2. The van der Waals surface area contributed by atoms with Gasteiger partial charge in [-0.2, -0.15) is 0 Å². The summed E-state index contributed by atoms with van der Waals surface area (Å²) in [5, 5.41) is 3.11. The zero-order valence-corrected chi connectivity index (χ0v) is 17.5. The van der Waals surface area contributed by atoms with Gasteiger partial charge in [0.15, 0.2) is 0 Å². The summed E-state index contributed by atoms with van der Waals surface area (Å²) in [6.45, 7) is 8.63. The molecule has 0 spiro atoms. The fraction of sp³-hybridized carbons (Fsp3) is 0.458. The number of ether oxygens (including phenoxy) is 1. The number of anilines is 1. The van der Waals surface area contributed by atoms with Crippen molar-refractivity contribution in [3.8, 4) is 5.75 Å². The van der Waals surface area contributed by atoms with Crippen molar-refractivity contribution >= 4 is 11.6 Å². The van der Waals surface area contributed by atoms with Crippen LogP contribution in [0.1, 0.15) is 49.4 Å². The van der Waals surface area contributed by atoms with Gasteiger partial charge in [0.2, 0.25) is 5.91 Å². The molecule has 1 saturated heterocycles. The molecule has 1 aliphatic rings. The Morgan fingerprint density at radius 1 is 1.18 bits per heavy atom. The molecule has 0 saturated carbocycles. The first-order chi connectivity index (χ1) is 13.5. The van der Waals surface area contributed by atoms with Gasteiger partial charge in [-0.1, -0.05) is 31.2 Å². The average Bonchev–Trinajstić information content (AvgIpc) is 2.69. The van der Waals surface area contributed by atoms with Crippen molar-refractivity contribution in [1.82, 2.24) is 5.32 Å². The Morgan fingerprint density at radius 2 is 1.86 bits per heavy atom. The van der Waals surface area contributed by atoms with Crippen molar-refractivity contribution in [1.29, 1.82) is 0 Å². The third kappa shape index (κ3) is 5.06. The second kappa shape index (κ2) is 9.13. The van der Waals surface area contributed by atoms with Crippen LogP contribution in [-0.2, 0) is 11.2 Å². The number of methoxy groups -OCH3 is 1. The quantitative estimate of drug-likeness (QED) is 0.792. The van der Waals surface area contributed by atoms with E-state index in [0.717, 1.165) is 41.4 Å². The number of carbonyl (C=O) groups is 1. The van der Waals surface area contributed by atoms with Gasteiger partial charge in [0, 0.05) is 18.8 Å². The lowest BCUT2D eigenvalue weighted by atomic mass is 9.98. The second-order valence-corrected chi connectivity index (χ2v) is 8.03. The molecule has 2 aromatic carbocycles. The van der Waals surface area contributed by atoms with Gasteiger partial charge in [0.1, 0.15) is 5.75 Å². The number of carbonyl (C=O) groups excluding carboxylic acids is 1. The van der Waals surface area contributed by atoms with Gasteiger partial charge in [0.05, 0.1) is 19.6 Å². The molecule has 4 heteroatoms. The Balaban J connectivity index is 1.55. The van der Waals surface area contributed by atoms with Crippen molar-refractivity contribution in [3.05, 3.63) is 59.2 Å². The van der Waals surface area contributed by atoms with Crippen LogP contribution >= 0.6 is 0 Å². The van der Waals surface area contributed by atoms with Crippen LogP contribution in [-0.4, -0.2) is 26.1 Å². The van der Waals surface area contributed by atoms with E-state index in [4.69, 9.17) is 4.74 Å². The van der Waals surface area contributed by atoms with Crippen LogP contribution in [0.5, 0.6) is 5.75 Å². The van der Waals surface area contributed by atoms with Crippen molar-refractivity contribution in [3.63, 3.8) is 0 Å². The lowest BCUT2D eigenvalue weighted by Crippen LogP contribution is -2.32. The van der Waals surface area contributed by atoms with Crippen molar-refractivity contribution in [2.24, 2.45) is 5.92 Å². The number of nitrogens with zero attached hydrogens (tertiary/aromatic N) is 1. The molecule has 1 atom stereocenters. The standard InChI is InChI=1S/C24H32N2O2/c1-17-11-13-26(14-12-17)22-8-6-21(7-9-22)19(3)25-24(27)16-20-5-10-23(28-4)18(2)15-20/h5-10,15,17,19H,11-14,16H2,1-4H3,(H,25,27). The van der Waals surface area contributed by atoms with Crippen LogP contribution in [0.2, 0.25) is 0 Å². The summed E-state index contributed by atoms with van der Waals surface area (Å²) in [6.07, 6.45) is 2.90. The fourth-order valence-corrected chi connectivity index (χ4v) is 3.85. The first-order valence-corrected chi connectivity index (χ1v) is 10.2. The number of amides is 1. The minimum absolute atomic E-state index is 0.0118. The lowest BCUT2D eigenvalue weighted by Gasteiger charge is -2.32. The smallest absolute Gasteiger partial charge is 0.224 e. The highest BCUT2D eigenvalue weighted by Crippen LogP contribution is 2.25. The molecule has 1 aliphatic heterocycles. The molecule has 1 unspecified atom stereocenters. The number of rotatable bonds is 6. The molecule has 150 valence electrons. The molecule has 0 radical (unpaired) electrons. The van der Waals surface area contributed by atoms with E-state index < -0.39 is 0 Å². The van der Waals surface area contributed by atoms with Crippen LogP contribution in [0.4, 0.5) is 5.69 Å². The Kier molecular flexibility index (Phi) is 6.61. The molecule has 1 heterocycles. The van der Waals surface area contributed by atoms with Crippen LogP contribution in [0.3, 0.4) is 0 Å². The minimum Gasteiger partial charge on any atom is -0.496 e. The predicted molar refractivity (Wildman–Crippen MR) is 115 cm³/mol. The van der Waals surface area contributed by atoms with Crippen LogP contribution in [0, 0.1) is 12.8 Å². The number of nitrogens with one attached hydrogen (secondary N) is 1. The van der Waals surface area contributed by atoms with Crippen LogP contribution in [0.15, 0.2) is 42.5 Å². The number of hydrogen-bond donors (Lipinski definition) is 1. The lowest BCUT2D eigenvalue weighted by molar-refractivity contribution is -0.121. The molecule has 4 nitrogen and oxygen atoms in total. The minimum atomic E-state index is -0.0118. The molecule has 2 aromatic rings. The fourth-order valence-electron chi connectivity index (χ4n) is 3.85. The zero-order chi connectivity index (χ0) is 20.1. The highest BCUT2D eigenvalue weighted by atomic mass is 16.5. The topological polar surface area (TPSA) is 41.6 Å². The molecule has 0 aliphatic carbocycles. The summed E-state index contributed by atoms with van der Waals surface area (Å²) in [5.74, 6) is 1.71. The number of aryl methyl sites for hydroxylation is 1.